The highest BCUT2D eigenvalue weighted by molar-refractivity contribution is 6.74. The molecule has 3 heterocycles. The van der Waals surface area contributed by atoms with Gasteiger partial charge in [0.1, 0.15) is 11.3 Å². The molecule has 49 heavy (non-hydrogen) atoms. The maximum atomic E-state index is 14.1. The van der Waals surface area contributed by atoms with Gasteiger partial charge in [0.25, 0.3) is 5.91 Å². The largest absolute Gasteiger partial charge is 0.444 e. The molecule has 0 radical (unpaired) electrons. The van der Waals surface area contributed by atoms with Crippen LogP contribution in [0.4, 0.5) is 4.79 Å². The summed E-state index contributed by atoms with van der Waals surface area (Å²) < 4.78 is 13.1. The van der Waals surface area contributed by atoms with Gasteiger partial charge in [0, 0.05) is 43.8 Å². The molecule has 264 valence electrons. The lowest BCUT2D eigenvalue weighted by Crippen LogP contribution is -2.50. The first-order chi connectivity index (χ1) is 22.9. The van der Waals surface area contributed by atoms with Crippen LogP contribution >= 0.6 is 0 Å². The zero-order valence-corrected chi connectivity index (χ0v) is 31.3. The maximum absolute atomic E-state index is 14.1. The molecule has 3 unspecified atom stereocenters. The van der Waals surface area contributed by atoms with E-state index in [1.807, 2.05) is 68.1 Å². The second-order valence-electron chi connectivity index (χ2n) is 15.4. The van der Waals surface area contributed by atoms with E-state index in [4.69, 9.17) is 20.1 Å². The third-order valence-electron chi connectivity index (χ3n) is 9.37. The lowest BCUT2D eigenvalue weighted by atomic mass is 10.0. The Labute approximate surface area is 291 Å². The molecule has 1 saturated heterocycles. The first kappa shape index (κ1) is 37.5. The number of hydrogen-bond donors (Lipinski definition) is 2. The van der Waals surface area contributed by atoms with Crippen molar-refractivity contribution in [2.75, 3.05) is 7.05 Å². The fourth-order valence-electron chi connectivity index (χ4n) is 5.76. The van der Waals surface area contributed by atoms with Crippen LogP contribution in [0.15, 0.2) is 72.3 Å². The molecule has 4 rings (SSSR count). The molecule has 3 aromatic rings. The number of likely N-dealkylation sites (tertiary alicyclic amines) is 1. The van der Waals surface area contributed by atoms with E-state index in [2.05, 4.69) is 49.0 Å². The summed E-state index contributed by atoms with van der Waals surface area (Å²) in [5.74, 6) is -0.165. The number of carbonyl (C=O) groups is 2. The van der Waals surface area contributed by atoms with E-state index in [1.165, 1.54) is 0 Å². The number of rotatable bonds is 10. The molecule has 1 aliphatic heterocycles. The van der Waals surface area contributed by atoms with Gasteiger partial charge in [-0.1, -0.05) is 50.2 Å². The van der Waals surface area contributed by atoms with Crippen LogP contribution in [0, 0.1) is 0 Å². The Bertz CT molecular complexity index is 1600. The van der Waals surface area contributed by atoms with Crippen LogP contribution in [0.5, 0.6) is 0 Å². The predicted octanol–water partition coefficient (Wildman–Crippen LogP) is 6.92. The zero-order chi connectivity index (χ0) is 36.1. The van der Waals surface area contributed by atoms with Gasteiger partial charge >= 0.3 is 6.09 Å². The molecule has 11 nitrogen and oxygen atoms in total. The standard InChI is InChI=1S/C37H52N6O5Si/c1-36(2,3)47-35(45)43-29(21-25-12-14-27(15-13-25)34(44)42(7)24-26-11-10-20-39-22-26)17-19-31(43)32(48-49(8,9)37(4,5)6)28-16-18-30(40-23-28)33(38)41-46/h10-16,18,20,22-23,29,31-32,46H,17,19,21,24H2,1-9H3,(H2,38,41). The van der Waals surface area contributed by atoms with Crippen molar-refractivity contribution in [2.45, 2.75) is 109 Å². The third kappa shape index (κ3) is 9.45. The molecule has 1 aliphatic rings. The van der Waals surface area contributed by atoms with E-state index in [0.717, 1.165) is 23.1 Å². The molecule has 0 bridgehead atoms. The van der Waals surface area contributed by atoms with Gasteiger partial charge < -0.3 is 25.0 Å². The first-order valence-electron chi connectivity index (χ1n) is 16.8. The van der Waals surface area contributed by atoms with E-state index in [9.17, 15) is 9.59 Å². The zero-order valence-electron chi connectivity index (χ0n) is 30.3. The minimum atomic E-state index is -2.35. The molecular weight excluding hydrogens is 637 g/mol. The van der Waals surface area contributed by atoms with Crippen LogP contribution < -0.4 is 5.73 Å². The number of ether oxygens (including phenoxy) is 1. The normalized spacial score (nSPS) is 17.9. The number of aromatic nitrogens is 2. The average Bonchev–Trinajstić information content (AvgIpc) is 3.45. The number of amidine groups is 1. The van der Waals surface area contributed by atoms with Crippen LogP contribution in [-0.4, -0.2) is 75.9 Å². The lowest BCUT2D eigenvalue weighted by Gasteiger charge is -2.43. The smallest absolute Gasteiger partial charge is 0.410 e. The number of nitrogens with two attached hydrogens (primary N) is 1. The third-order valence-corrected chi connectivity index (χ3v) is 13.8. The van der Waals surface area contributed by atoms with Crippen molar-refractivity contribution >= 4 is 26.2 Å². The average molecular weight is 689 g/mol. The second-order valence-corrected chi connectivity index (χ2v) is 20.1. The molecule has 2 amide bonds. The molecular formula is C37H52N6O5Si. The van der Waals surface area contributed by atoms with E-state index >= 15 is 0 Å². The maximum Gasteiger partial charge on any atom is 0.410 e. The Kier molecular flexibility index (Phi) is 11.5. The van der Waals surface area contributed by atoms with Crippen LogP contribution in [-0.2, 0) is 22.1 Å². The number of hydrogen-bond acceptors (Lipinski definition) is 8. The Morgan fingerprint density at radius 2 is 1.73 bits per heavy atom. The summed E-state index contributed by atoms with van der Waals surface area (Å²) in [5, 5.41) is 12.2. The molecule has 1 fully saturated rings. The summed E-state index contributed by atoms with van der Waals surface area (Å²) in [4.78, 5) is 39.4. The summed E-state index contributed by atoms with van der Waals surface area (Å²) in [6, 6.07) is 14.5. The van der Waals surface area contributed by atoms with Crippen molar-refractivity contribution in [1.29, 1.82) is 0 Å². The molecule has 3 N–H and O–H groups in total. The summed E-state index contributed by atoms with van der Waals surface area (Å²) in [6.07, 6.45) is 6.30. The van der Waals surface area contributed by atoms with Gasteiger partial charge in [-0.05, 0) is 99.1 Å². The fourth-order valence-corrected chi connectivity index (χ4v) is 7.04. The SMILES string of the molecule is CN(Cc1cccnc1)C(=O)c1ccc(CC2CCC(C(O[Si](C)(C)C(C)(C)C)c3ccc(/C(N)=N/O)nc3)N2C(=O)OC(C)(C)C)cc1. The minimum absolute atomic E-state index is 0.0796. The molecule has 1 aromatic carbocycles. The monoisotopic (exact) mass is 688 g/mol. The minimum Gasteiger partial charge on any atom is -0.444 e. The molecule has 0 saturated carbocycles. The second kappa shape index (κ2) is 15.1. The van der Waals surface area contributed by atoms with Crippen molar-refractivity contribution in [3.8, 4) is 0 Å². The highest BCUT2D eigenvalue weighted by Gasteiger charge is 2.48. The summed E-state index contributed by atoms with van der Waals surface area (Å²) >= 11 is 0. The Balaban J connectivity index is 1.63. The number of oxime groups is 1. The van der Waals surface area contributed by atoms with Gasteiger partial charge in [0.15, 0.2) is 14.2 Å². The molecule has 12 heteroatoms. The van der Waals surface area contributed by atoms with Gasteiger partial charge in [0.05, 0.1) is 12.1 Å². The quantitative estimate of drug-likeness (QED) is 0.0769. The van der Waals surface area contributed by atoms with Crippen LogP contribution in [0.25, 0.3) is 0 Å². The molecule has 2 aromatic heterocycles. The van der Waals surface area contributed by atoms with E-state index in [-0.39, 0.29) is 28.9 Å². The van der Waals surface area contributed by atoms with E-state index in [0.29, 0.717) is 30.6 Å². The molecule has 0 spiro atoms. The van der Waals surface area contributed by atoms with Gasteiger partial charge in [-0.2, -0.15) is 0 Å². The van der Waals surface area contributed by atoms with Crippen molar-refractivity contribution < 1.29 is 24.0 Å². The van der Waals surface area contributed by atoms with Crippen molar-refractivity contribution in [3.05, 3.63) is 95.1 Å². The Morgan fingerprint density at radius 3 is 2.29 bits per heavy atom. The summed E-state index contributed by atoms with van der Waals surface area (Å²) in [5.41, 5.74) is 8.82. The molecule has 0 aliphatic carbocycles. The van der Waals surface area contributed by atoms with Gasteiger partial charge in [-0.3, -0.25) is 19.7 Å². The first-order valence-corrected chi connectivity index (χ1v) is 19.7. The number of benzene rings is 1. The van der Waals surface area contributed by atoms with Gasteiger partial charge in [-0.15, -0.1) is 0 Å². The van der Waals surface area contributed by atoms with Gasteiger partial charge in [0.2, 0.25) is 0 Å². The lowest BCUT2D eigenvalue weighted by molar-refractivity contribution is -0.00244. The van der Waals surface area contributed by atoms with Crippen molar-refractivity contribution in [2.24, 2.45) is 10.9 Å². The van der Waals surface area contributed by atoms with Gasteiger partial charge in [-0.25, -0.2) is 4.79 Å². The van der Waals surface area contributed by atoms with Crippen LogP contribution in [0.2, 0.25) is 18.1 Å². The summed E-state index contributed by atoms with van der Waals surface area (Å²) in [6.45, 7) is 17.0. The Morgan fingerprint density at radius 1 is 1.04 bits per heavy atom. The van der Waals surface area contributed by atoms with Crippen molar-refractivity contribution in [3.63, 3.8) is 0 Å². The number of nitrogens with zero attached hydrogens (tertiary/aromatic N) is 5. The number of carbonyl (C=O) groups excluding carboxylic acids is 2. The Hall–Kier alpha value is -4.29. The predicted molar refractivity (Wildman–Crippen MR) is 193 cm³/mol. The number of amides is 2. The van der Waals surface area contributed by atoms with Crippen LogP contribution in [0.3, 0.4) is 0 Å². The van der Waals surface area contributed by atoms with E-state index < -0.39 is 26.1 Å². The summed E-state index contributed by atoms with van der Waals surface area (Å²) in [7, 11) is -0.575. The van der Waals surface area contributed by atoms with E-state index in [1.54, 1.807) is 36.6 Å². The number of pyridine rings is 2. The van der Waals surface area contributed by atoms with Crippen LogP contribution in [0.1, 0.15) is 93.2 Å². The molecule has 3 atom stereocenters. The highest BCUT2D eigenvalue weighted by Crippen LogP contribution is 2.44. The van der Waals surface area contributed by atoms with Crippen molar-refractivity contribution in [1.82, 2.24) is 19.8 Å². The topological polar surface area (TPSA) is 143 Å². The highest BCUT2D eigenvalue weighted by atomic mass is 28.4. The fraction of sp³-hybridized carbons (Fsp3) is 0.486.